The average Bonchev–Trinajstić information content (AvgIpc) is 3.78. The first-order chi connectivity index (χ1) is 28.3. The molecule has 1 aliphatic rings. The van der Waals surface area contributed by atoms with Crippen molar-refractivity contribution < 1.29 is 0 Å². The van der Waals surface area contributed by atoms with Gasteiger partial charge in [-0.15, -0.1) is 0 Å². The summed E-state index contributed by atoms with van der Waals surface area (Å²) in [7, 11) is 0. The molecule has 0 unspecified atom stereocenters. The van der Waals surface area contributed by atoms with Gasteiger partial charge in [-0.3, -0.25) is 0 Å². The molecular weight excluding hydrogens is 689 g/mol. The lowest BCUT2D eigenvalue weighted by molar-refractivity contribution is 0.768. The van der Waals surface area contributed by atoms with Crippen LogP contribution >= 0.6 is 0 Å². The number of anilines is 2. The highest BCUT2D eigenvalue weighted by Gasteiger charge is 2.45. The first kappa shape index (κ1) is 33.0. The van der Waals surface area contributed by atoms with Crippen molar-refractivity contribution >= 4 is 33.2 Å². The lowest BCUT2D eigenvalue weighted by atomic mass is 9.67. The van der Waals surface area contributed by atoms with Gasteiger partial charge in [0.1, 0.15) is 0 Å². The van der Waals surface area contributed by atoms with Gasteiger partial charge in [-0.1, -0.05) is 182 Å². The van der Waals surface area contributed by atoms with Gasteiger partial charge in [-0.25, -0.2) is 0 Å². The van der Waals surface area contributed by atoms with Gasteiger partial charge in [0, 0.05) is 33.4 Å². The third-order valence-corrected chi connectivity index (χ3v) is 11.9. The first-order valence-corrected chi connectivity index (χ1v) is 19.7. The van der Waals surface area contributed by atoms with Crippen LogP contribution in [0.15, 0.2) is 224 Å². The highest BCUT2D eigenvalue weighted by molar-refractivity contribution is 6.15. The molecule has 0 saturated heterocycles. The molecule has 1 heterocycles. The highest BCUT2D eigenvalue weighted by Crippen LogP contribution is 2.56. The fourth-order valence-corrected chi connectivity index (χ4v) is 9.39. The summed E-state index contributed by atoms with van der Waals surface area (Å²) in [4.78, 5) is 0. The maximum absolute atomic E-state index is 3.80. The zero-order valence-corrected chi connectivity index (χ0v) is 31.3. The van der Waals surface area contributed by atoms with Gasteiger partial charge in [0.2, 0.25) is 0 Å². The Morgan fingerprint density at radius 2 is 0.877 bits per heavy atom. The second-order valence-electron chi connectivity index (χ2n) is 15.0. The summed E-state index contributed by atoms with van der Waals surface area (Å²) in [5, 5.41) is 6.22. The number of hydrogen-bond donors (Lipinski definition) is 1. The van der Waals surface area contributed by atoms with E-state index in [1.165, 1.54) is 71.9 Å². The highest BCUT2D eigenvalue weighted by atomic mass is 15.0. The molecule has 268 valence electrons. The van der Waals surface area contributed by atoms with E-state index in [0.717, 1.165) is 22.6 Å². The molecule has 0 bridgehead atoms. The molecule has 1 aliphatic carbocycles. The largest absolute Gasteiger partial charge is 0.355 e. The summed E-state index contributed by atoms with van der Waals surface area (Å²) in [6.07, 6.45) is 0. The molecule has 0 saturated carbocycles. The van der Waals surface area contributed by atoms with Crippen LogP contribution in [0.4, 0.5) is 11.4 Å². The Balaban J connectivity index is 1.11. The molecule has 9 aromatic carbocycles. The monoisotopic (exact) mass is 726 g/mol. The number of aromatic nitrogens is 1. The van der Waals surface area contributed by atoms with Crippen molar-refractivity contribution in [1.82, 2.24) is 4.57 Å². The van der Waals surface area contributed by atoms with Crippen molar-refractivity contribution in [2.45, 2.75) is 5.41 Å². The standard InChI is InChI=1S/C55H38N2/c1-4-16-38(17-5-1)39-30-34-43(35-31-39)56-44-36-49(54-50(37-44)48-24-12-15-27-53(48)57(54)45-20-8-3-9-21-45)40-28-32-42(33-29-40)55(41-18-6-2-7-19-41)51-25-13-10-22-46(51)47-23-11-14-26-52(47)55/h1-37,56H. The van der Waals surface area contributed by atoms with Crippen LogP contribution in [0.5, 0.6) is 0 Å². The van der Waals surface area contributed by atoms with Gasteiger partial charge in [0.25, 0.3) is 0 Å². The maximum Gasteiger partial charge on any atom is 0.0713 e. The van der Waals surface area contributed by atoms with E-state index in [1.807, 2.05) is 0 Å². The maximum atomic E-state index is 3.80. The van der Waals surface area contributed by atoms with Gasteiger partial charge in [-0.2, -0.15) is 0 Å². The Morgan fingerprint density at radius 1 is 0.351 bits per heavy atom. The Kier molecular flexibility index (Phi) is 7.75. The number of benzene rings is 9. The fourth-order valence-electron chi connectivity index (χ4n) is 9.39. The molecule has 11 rings (SSSR count). The van der Waals surface area contributed by atoms with Crippen molar-refractivity contribution in [3.63, 3.8) is 0 Å². The Hall–Kier alpha value is -7.42. The predicted molar refractivity (Wildman–Crippen MR) is 239 cm³/mol. The molecule has 57 heavy (non-hydrogen) atoms. The van der Waals surface area contributed by atoms with Crippen molar-refractivity contribution in [3.05, 3.63) is 247 Å². The van der Waals surface area contributed by atoms with Crippen LogP contribution in [0, 0.1) is 0 Å². The number of rotatable bonds is 7. The van der Waals surface area contributed by atoms with Crippen LogP contribution in [0.2, 0.25) is 0 Å². The number of hydrogen-bond acceptors (Lipinski definition) is 1. The number of nitrogens with zero attached hydrogens (tertiary/aromatic N) is 1. The van der Waals surface area contributed by atoms with Crippen LogP contribution in [0.3, 0.4) is 0 Å². The average molecular weight is 727 g/mol. The minimum Gasteiger partial charge on any atom is -0.355 e. The summed E-state index contributed by atoms with van der Waals surface area (Å²) in [6.45, 7) is 0. The van der Waals surface area contributed by atoms with E-state index in [0.29, 0.717) is 0 Å². The van der Waals surface area contributed by atoms with E-state index in [4.69, 9.17) is 0 Å². The van der Waals surface area contributed by atoms with Crippen molar-refractivity contribution in [1.29, 1.82) is 0 Å². The normalized spacial score (nSPS) is 12.7. The molecular formula is C55H38N2. The lowest BCUT2D eigenvalue weighted by Gasteiger charge is -2.34. The van der Waals surface area contributed by atoms with E-state index < -0.39 is 5.41 Å². The van der Waals surface area contributed by atoms with Gasteiger partial charge in [0.15, 0.2) is 0 Å². The quantitative estimate of drug-likeness (QED) is 0.173. The third-order valence-electron chi connectivity index (χ3n) is 11.9. The van der Waals surface area contributed by atoms with E-state index >= 15 is 0 Å². The molecule has 10 aromatic rings. The van der Waals surface area contributed by atoms with E-state index in [-0.39, 0.29) is 0 Å². The second-order valence-corrected chi connectivity index (χ2v) is 15.0. The SMILES string of the molecule is c1ccc(-c2ccc(Nc3cc(-c4ccc(C5(c6ccccc6)c6ccccc6-c6ccccc65)cc4)c4c(c3)c3ccccc3n4-c3ccccc3)cc2)cc1. The number of para-hydroxylation sites is 2. The van der Waals surface area contributed by atoms with Crippen molar-refractivity contribution in [2.75, 3.05) is 5.32 Å². The molecule has 2 heteroatoms. The Morgan fingerprint density at radius 3 is 1.56 bits per heavy atom. The van der Waals surface area contributed by atoms with Crippen LogP contribution in [0.25, 0.3) is 60.9 Å². The zero-order valence-electron chi connectivity index (χ0n) is 31.3. The van der Waals surface area contributed by atoms with Crippen molar-refractivity contribution in [3.8, 4) is 39.1 Å². The van der Waals surface area contributed by atoms with Crippen LogP contribution in [-0.2, 0) is 5.41 Å². The molecule has 2 nitrogen and oxygen atoms in total. The molecule has 0 fully saturated rings. The minimum atomic E-state index is -0.448. The second kappa shape index (κ2) is 13.4. The zero-order chi connectivity index (χ0) is 37.8. The smallest absolute Gasteiger partial charge is 0.0713 e. The summed E-state index contributed by atoms with van der Waals surface area (Å²) in [6, 6.07) is 81.8. The number of fused-ring (bicyclic) bond motifs is 6. The molecule has 0 spiro atoms. The van der Waals surface area contributed by atoms with Gasteiger partial charge in [0.05, 0.1) is 16.4 Å². The summed E-state index contributed by atoms with van der Waals surface area (Å²) >= 11 is 0. The predicted octanol–water partition coefficient (Wildman–Crippen LogP) is 14.2. The molecule has 0 amide bonds. The van der Waals surface area contributed by atoms with E-state index in [1.54, 1.807) is 0 Å². The summed E-state index contributed by atoms with van der Waals surface area (Å²) in [5.74, 6) is 0. The summed E-state index contributed by atoms with van der Waals surface area (Å²) < 4.78 is 2.43. The molecule has 1 N–H and O–H groups in total. The lowest BCUT2D eigenvalue weighted by Crippen LogP contribution is -2.28. The van der Waals surface area contributed by atoms with Crippen molar-refractivity contribution in [2.24, 2.45) is 0 Å². The third kappa shape index (κ3) is 5.26. The molecule has 0 radical (unpaired) electrons. The topological polar surface area (TPSA) is 17.0 Å². The molecule has 0 atom stereocenters. The first-order valence-electron chi connectivity index (χ1n) is 19.7. The van der Waals surface area contributed by atoms with E-state index in [2.05, 4.69) is 234 Å². The Bertz CT molecular complexity index is 3010. The van der Waals surface area contributed by atoms with Gasteiger partial charge in [-0.05, 0) is 92.5 Å². The van der Waals surface area contributed by atoms with Crippen LogP contribution in [-0.4, -0.2) is 4.57 Å². The van der Waals surface area contributed by atoms with Crippen LogP contribution in [0.1, 0.15) is 22.3 Å². The molecule has 0 aliphatic heterocycles. The molecule has 1 aromatic heterocycles. The van der Waals surface area contributed by atoms with Gasteiger partial charge < -0.3 is 9.88 Å². The number of nitrogens with one attached hydrogen (secondary N) is 1. The summed E-state index contributed by atoms with van der Waals surface area (Å²) in [5.41, 5.74) is 17.7. The van der Waals surface area contributed by atoms with Crippen LogP contribution < -0.4 is 5.32 Å². The van der Waals surface area contributed by atoms with Gasteiger partial charge >= 0.3 is 0 Å². The Labute approximate surface area is 333 Å². The fraction of sp³-hybridized carbons (Fsp3) is 0.0182. The minimum absolute atomic E-state index is 0.448. The van der Waals surface area contributed by atoms with E-state index in [9.17, 15) is 0 Å².